The van der Waals surface area contributed by atoms with Gasteiger partial charge in [0.25, 0.3) is 10.1 Å². The second kappa shape index (κ2) is 8.24. The Kier molecular flexibility index (Phi) is 6.33. The Morgan fingerprint density at radius 2 is 1.36 bits per heavy atom. The van der Waals surface area contributed by atoms with Crippen molar-refractivity contribution in [3.8, 4) is 0 Å². The van der Waals surface area contributed by atoms with Crippen molar-refractivity contribution in [1.82, 2.24) is 15.0 Å². The molecule has 0 saturated heterocycles. The second-order valence-electron chi connectivity index (χ2n) is 5.55. The predicted molar refractivity (Wildman–Crippen MR) is 86.3 cm³/mol. The lowest BCUT2D eigenvalue weighted by molar-refractivity contribution is 0.475. The van der Waals surface area contributed by atoms with Gasteiger partial charge in [-0.05, 0) is 25.0 Å². The number of benzene rings is 1. The van der Waals surface area contributed by atoms with Crippen molar-refractivity contribution in [2.24, 2.45) is 0 Å². The summed E-state index contributed by atoms with van der Waals surface area (Å²) in [5, 5.41) is 8.84. The third-order valence-electron chi connectivity index (χ3n) is 3.59. The van der Waals surface area contributed by atoms with Crippen molar-refractivity contribution in [2.75, 3.05) is 5.75 Å². The summed E-state index contributed by atoms with van der Waals surface area (Å²) in [4.78, 5) is 1.76. The van der Waals surface area contributed by atoms with Crippen molar-refractivity contribution in [3.63, 3.8) is 0 Å². The van der Waals surface area contributed by atoms with Gasteiger partial charge in [-0.3, -0.25) is 4.55 Å². The molecule has 7 heteroatoms. The van der Waals surface area contributed by atoms with E-state index in [1.807, 2.05) is 24.3 Å². The lowest BCUT2D eigenvalue weighted by Gasteiger charge is -2.02. The van der Waals surface area contributed by atoms with Crippen molar-refractivity contribution in [3.05, 3.63) is 24.3 Å². The molecule has 1 aromatic carbocycles. The lowest BCUT2D eigenvalue weighted by Crippen LogP contribution is -2.03. The first-order chi connectivity index (χ1) is 10.5. The maximum atomic E-state index is 10.5. The summed E-state index contributed by atoms with van der Waals surface area (Å²) in [6.07, 6.45) is 6.81. The van der Waals surface area contributed by atoms with Gasteiger partial charge in [-0.15, -0.1) is 0 Å². The van der Waals surface area contributed by atoms with E-state index in [0.717, 1.165) is 56.1 Å². The maximum Gasteiger partial charge on any atom is 0.264 e. The normalized spacial score (nSPS) is 12.0. The van der Waals surface area contributed by atoms with E-state index >= 15 is 0 Å². The lowest BCUT2D eigenvalue weighted by atomic mass is 10.1. The van der Waals surface area contributed by atoms with Gasteiger partial charge in [0.2, 0.25) is 0 Å². The molecule has 1 N–H and O–H groups in total. The van der Waals surface area contributed by atoms with Crippen LogP contribution in [0.25, 0.3) is 11.0 Å². The van der Waals surface area contributed by atoms with Crippen molar-refractivity contribution in [1.29, 1.82) is 0 Å². The van der Waals surface area contributed by atoms with Crippen LogP contribution in [0.5, 0.6) is 0 Å². The molecular weight excluding hydrogens is 302 g/mol. The summed E-state index contributed by atoms with van der Waals surface area (Å²) in [6.45, 7) is 0.831. The molecule has 0 aliphatic rings. The average Bonchev–Trinajstić information content (AvgIpc) is 2.87. The molecule has 0 unspecified atom stereocenters. The van der Waals surface area contributed by atoms with Gasteiger partial charge in [-0.1, -0.05) is 44.2 Å². The first-order valence-electron chi connectivity index (χ1n) is 7.80. The Morgan fingerprint density at radius 3 is 1.91 bits per heavy atom. The topological polar surface area (TPSA) is 85.1 Å². The van der Waals surface area contributed by atoms with Crippen LogP contribution in [0.15, 0.2) is 24.3 Å². The van der Waals surface area contributed by atoms with E-state index in [2.05, 4.69) is 10.2 Å². The first kappa shape index (κ1) is 16.9. The number of hydrogen-bond acceptors (Lipinski definition) is 4. The monoisotopic (exact) mass is 325 g/mol. The Morgan fingerprint density at radius 1 is 0.864 bits per heavy atom. The Labute approximate surface area is 131 Å². The Hall–Kier alpha value is -1.47. The predicted octanol–water partition coefficient (Wildman–Crippen LogP) is 3.05. The number of aromatic nitrogens is 3. The molecular formula is C15H23N3O3S. The highest BCUT2D eigenvalue weighted by Gasteiger charge is 2.03. The van der Waals surface area contributed by atoms with Gasteiger partial charge in [-0.25, -0.2) is 0 Å². The van der Waals surface area contributed by atoms with E-state index in [1.165, 1.54) is 0 Å². The molecule has 2 rings (SSSR count). The molecule has 0 amide bonds. The minimum Gasteiger partial charge on any atom is -0.286 e. The Balaban J connectivity index is 1.52. The van der Waals surface area contributed by atoms with Gasteiger partial charge in [0.05, 0.1) is 12.3 Å². The smallest absolute Gasteiger partial charge is 0.264 e. The molecule has 2 aromatic rings. The highest BCUT2D eigenvalue weighted by molar-refractivity contribution is 7.85. The minimum absolute atomic E-state index is 0.120. The van der Waals surface area contributed by atoms with Gasteiger partial charge in [0.1, 0.15) is 11.0 Å². The van der Waals surface area contributed by atoms with E-state index in [-0.39, 0.29) is 5.75 Å². The molecule has 1 aromatic heterocycles. The number of rotatable bonds is 10. The molecule has 122 valence electrons. The molecule has 0 aliphatic carbocycles. The third kappa shape index (κ3) is 6.11. The van der Waals surface area contributed by atoms with Crippen LogP contribution < -0.4 is 0 Å². The fraction of sp³-hybridized carbons (Fsp3) is 0.600. The minimum atomic E-state index is -3.78. The molecule has 0 spiro atoms. The van der Waals surface area contributed by atoms with Gasteiger partial charge in [0, 0.05) is 0 Å². The van der Waals surface area contributed by atoms with Gasteiger partial charge in [-0.2, -0.15) is 23.4 Å². The van der Waals surface area contributed by atoms with E-state index in [9.17, 15) is 8.42 Å². The highest BCUT2D eigenvalue weighted by Crippen LogP contribution is 2.10. The molecule has 0 atom stereocenters. The average molecular weight is 325 g/mol. The van der Waals surface area contributed by atoms with Crippen LogP contribution in [-0.4, -0.2) is 33.7 Å². The molecule has 0 bridgehead atoms. The molecule has 0 radical (unpaired) electrons. The zero-order valence-electron chi connectivity index (χ0n) is 12.7. The van der Waals surface area contributed by atoms with Crippen LogP contribution in [0.2, 0.25) is 0 Å². The molecule has 0 fully saturated rings. The van der Waals surface area contributed by atoms with Crippen LogP contribution in [0, 0.1) is 0 Å². The summed E-state index contributed by atoms with van der Waals surface area (Å²) in [6, 6.07) is 7.85. The van der Waals surface area contributed by atoms with E-state index < -0.39 is 10.1 Å². The van der Waals surface area contributed by atoms with Crippen LogP contribution in [0.3, 0.4) is 0 Å². The number of unbranched alkanes of at least 4 members (excludes halogenated alkanes) is 6. The van der Waals surface area contributed by atoms with E-state index in [1.54, 1.807) is 4.80 Å². The molecule has 0 aliphatic heterocycles. The van der Waals surface area contributed by atoms with Crippen LogP contribution in [0.4, 0.5) is 0 Å². The highest BCUT2D eigenvalue weighted by atomic mass is 32.2. The molecule has 6 nitrogen and oxygen atoms in total. The number of hydrogen-bond donors (Lipinski definition) is 1. The fourth-order valence-corrected chi connectivity index (χ4v) is 2.99. The quantitative estimate of drug-likeness (QED) is 0.536. The van der Waals surface area contributed by atoms with Gasteiger partial charge < -0.3 is 0 Å². The zero-order chi connectivity index (χ0) is 15.8. The van der Waals surface area contributed by atoms with Crippen molar-refractivity contribution >= 4 is 21.2 Å². The summed E-state index contributed by atoms with van der Waals surface area (Å²) in [5.41, 5.74) is 1.86. The fourth-order valence-electron chi connectivity index (χ4n) is 2.43. The van der Waals surface area contributed by atoms with Gasteiger partial charge in [0.15, 0.2) is 0 Å². The molecule has 0 saturated carbocycles. The van der Waals surface area contributed by atoms with Crippen molar-refractivity contribution < 1.29 is 13.0 Å². The standard InChI is InChI=1S/C15H23N3O3S/c19-22(20,21)13-9-5-3-1-2-4-8-12-18-16-14-10-6-7-11-15(14)17-18/h6-7,10-11H,1-5,8-9,12-13H2,(H,19,20,21). The van der Waals surface area contributed by atoms with Crippen LogP contribution in [-0.2, 0) is 16.7 Å². The number of aryl methyl sites for hydroxylation is 1. The Bertz CT molecular complexity index is 649. The first-order valence-corrected chi connectivity index (χ1v) is 9.40. The van der Waals surface area contributed by atoms with Crippen LogP contribution >= 0.6 is 0 Å². The summed E-state index contributed by atoms with van der Waals surface area (Å²) >= 11 is 0. The second-order valence-corrected chi connectivity index (χ2v) is 7.12. The van der Waals surface area contributed by atoms with Crippen LogP contribution in [0.1, 0.15) is 44.9 Å². The van der Waals surface area contributed by atoms with E-state index in [4.69, 9.17) is 4.55 Å². The molecule has 1 heterocycles. The summed E-state index contributed by atoms with van der Waals surface area (Å²) in [7, 11) is -3.78. The van der Waals surface area contributed by atoms with Gasteiger partial charge >= 0.3 is 0 Å². The SMILES string of the molecule is O=S(=O)(O)CCCCCCCCCn1nc2ccccc2n1. The summed E-state index contributed by atoms with van der Waals surface area (Å²) < 4.78 is 29.7. The van der Waals surface area contributed by atoms with E-state index in [0.29, 0.717) is 6.42 Å². The number of nitrogens with zero attached hydrogens (tertiary/aromatic N) is 3. The zero-order valence-corrected chi connectivity index (χ0v) is 13.5. The third-order valence-corrected chi connectivity index (χ3v) is 4.39. The van der Waals surface area contributed by atoms with Crippen molar-refractivity contribution in [2.45, 2.75) is 51.5 Å². The maximum absolute atomic E-state index is 10.5. The molecule has 22 heavy (non-hydrogen) atoms. The largest absolute Gasteiger partial charge is 0.286 e. The summed E-state index contributed by atoms with van der Waals surface area (Å²) in [5.74, 6) is -0.120. The number of fused-ring (bicyclic) bond motifs is 1.